The van der Waals surface area contributed by atoms with Gasteiger partial charge in [0.1, 0.15) is 23.8 Å². The number of hydrogen-bond acceptors (Lipinski definition) is 5. The first-order valence-corrected chi connectivity index (χ1v) is 13.8. The van der Waals surface area contributed by atoms with Gasteiger partial charge in [-0.3, -0.25) is 14.4 Å². The van der Waals surface area contributed by atoms with Gasteiger partial charge in [-0.15, -0.1) is 0 Å². The number of nitrogens with one attached hydrogen (secondary N) is 1. The van der Waals surface area contributed by atoms with Crippen LogP contribution in [0.3, 0.4) is 0 Å². The van der Waals surface area contributed by atoms with Gasteiger partial charge in [-0.05, 0) is 54.2 Å². The van der Waals surface area contributed by atoms with Gasteiger partial charge >= 0.3 is 0 Å². The standard InChI is InChI=1S/C24H29Cl2FN2O3S.C2H6/c1-15(2)19-11-20(23(30)28-33-3)21(27)12-22(19)32-14-24(31)4-6-29(7-5-24)13-16-8-17(25)10-18(26)9-16;1-2/h8-12,15,31H,4-7,13-14H2,1-3H3,(H,28,30);1-2H3. The molecule has 0 radical (unpaired) electrons. The molecule has 1 saturated heterocycles. The molecule has 3 rings (SSSR count). The number of hydrogen-bond donors (Lipinski definition) is 2. The molecule has 2 N–H and O–H groups in total. The third-order valence-corrected chi connectivity index (χ3v) is 6.60. The Kier molecular flexibility index (Phi) is 11.6. The summed E-state index contributed by atoms with van der Waals surface area (Å²) in [6, 6.07) is 8.26. The Morgan fingerprint density at radius 3 is 2.31 bits per heavy atom. The first-order valence-electron chi connectivity index (χ1n) is 11.8. The van der Waals surface area contributed by atoms with Crippen LogP contribution in [0, 0.1) is 5.82 Å². The van der Waals surface area contributed by atoms with Crippen LogP contribution in [0.4, 0.5) is 4.39 Å². The van der Waals surface area contributed by atoms with Crippen molar-refractivity contribution in [3.05, 3.63) is 62.9 Å². The molecule has 2 aromatic carbocycles. The van der Waals surface area contributed by atoms with E-state index in [-0.39, 0.29) is 18.1 Å². The molecule has 1 aliphatic heterocycles. The van der Waals surface area contributed by atoms with Gasteiger partial charge in [0.15, 0.2) is 0 Å². The van der Waals surface area contributed by atoms with Crippen molar-refractivity contribution in [1.29, 1.82) is 0 Å². The van der Waals surface area contributed by atoms with Crippen molar-refractivity contribution >= 4 is 41.1 Å². The molecular weight excluding hydrogens is 510 g/mol. The second kappa shape index (κ2) is 13.7. The molecule has 1 fully saturated rings. The molecule has 9 heteroatoms. The quantitative estimate of drug-likeness (QED) is 0.362. The Morgan fingerprint density at radius 1 is 1.17 bits per heavy atom. The molecule has 35 heavy (non-hydrogen) atoms. The number of likely N-dealkylation sites (tertiary alicyclic amines) is 1. The minimum absolute atomic E-state index is 0.0161. The number of ether oxygens (including phenoxy) is 1. The maximum absolute atomic E-state index is 14.6. The number of amides is 1. The summed E-state index contributed by atoms with van der Waals surface area (Å²) in [5.74, 6) is -0.765. The van der Waals surface area contributed by atoms with Gasteiger partial charge in [0.25, 0.3) is 5.91 Å². The lowest BCUT2D eigenvalue weighted by Crippen LogP contribution is -2.47. The molecule has 0 atom stereocenters. The van der Waals surface area contributed by atoms with Gasteiger partial charge in [0.05, 0.1) is 5.56 Å². The van der Waals surface area contributed by atoms with E-state index in [4.69, 9.17) is 27.9 Å². The highest BCUT2D eigenvalue weighted by molar-refractivity contribution is 7.97. The molecule has 0 aliphatic carbocycles. The molecule has 5 nitrogen and oxygen atoms in total. The van der Waals surface area contributed by atoms with Gasteiger partial charge in [-0.1, -0.05) is 62.8 Å². The second-order valence-electron chi connectivity index (χ2n) is 8.73. The topological polar surface area (TPSA) is 61.8 Å². The largest absolute Gasteiger partial charge is 0.490 e. The maximum atomic E-state index is 14.6. The molecule has 0 unspecified atom stereocenters. The zero-order valence-corrected chi connectivity index (χ0v) is 23.3. The number of carbonyl (C=O) groups excluding carboxylic acids is 1. The van der Waals surface area contributed by atoms with Crippen LogP contribution < -0.4 is 9.46 Å². The van der Waals surface area contributed by atoms with Crippen LogP contribution >= 0.6 is 35.1 Å². The Morgan fingerprint density at radius 2 is 1.77 bits per heavy atom. The maximum Gasteiger partial charge on any atom is 0.264 e. The van der Waals surface area contributed by atoms with Crippen molar-refractivity contribution in [2.75, 3.05) is 26.0 Å². The van der Waals surface area contributed by atoms with E-state index < -0.39 is 17.3 Å². The summed E-state index contributed by atoms with van der Waals surface area (Å²) in [6.07, 6.45) is 2.75. The van der Waals surface area contributed by atoms with E-state index in [0.29, 0.717) is 48.3 Å². The van der Waals surface area contributed by atoms with Gasteiger partial charge in [0, 0.05) is 42.0 Å². The fourth-order valence-corrected chi connectivity index (χ4v) is 4.78. The van der Waals surface area contributed by atoms with Crippen molar-refractivity contribution in [1.82, 2.24) is 9.62 Å². The summed E-state index contributed by atoms with van der Waals surface area (Å²) in [5.41, 5.74) is 0.717. The first-order chi connectivity index (χ1) is 16.6. The van der Waals surface area contributed by atoms with Crippen LogP contribution in [0.15, 0.2) is 30.3 Å². The average Bonchev–Trinajstić information content (AvgIpc) is 2.80. The van der Waals surface area contributed by atoms with E-state index in [9.17, 15) is 14.3 Å². The number of carbonyl (C=O) groups is 1. The van der Waals surface area contributed by atoms with Crippen LogP contribution in [0.25, 0.3) is 0 Å². The molecule has 0 spiro atoms. The van der Waals surface area contributed by atoms with Crippen molar-refractivity contribution < 1.29 is 19.0 Å². The van der Waals surface area contributed by atoms with Gasteiger partial charge in [0.2, 0.25) is 0 Å². The lowest BCUT2D eigenvalue weighted by Gasteiger charge is -2.38. The number of benzene rings is 2. The van der Waals surface area contributed by atoms with Crippen LogP contribution in [0.2, 0.25) is 10.0 Å². The molecule has 1 amide bonds. The zero-order valence-electron chi connectivity index (χ0n) is 21.0. The molecule has 194 valence electrons. The predicted octanol–water partition coefficient (Wildman–Crippen LogP) is 6.70. The Bertz CT molecular complexity index is 979. The van der Waals surface area contributed by atoms with Crippen LogP contribution in [0.5, 0.6) is 5.75 Å². The minimum atomic E-state index is -1.01. The van der Waals surface area contributed by atoms with E-state index >= 15 is 0 Å². The van der Waals surface area contributed by atoms with Crippen LogP contribution in [-0.4, -0.2) is 47.5 Å². The molecular formula is C26H35Cl2FN2O3S. The third kappa shape index (κ3) is 8.53. The van der Waals surface area contributed by atoms with E-state index in [1.807, 2.05) is 39.8 Å². The number of nitrogens with zero attached hydrogens (tertiary/aromatic N) is 1. The number of rotatable bonds is 8. The zero-order chi connectivity index (χ0) is 26.2. The summed E-state index contributed by atoms with van der Waals surface area (Å²) in [4.78, 5) is 14.4. The van der Waals surface area contributed by atoms with Crippen molar-refractivity contribution in [3.8, 4) is 5.75 Å². The van der Waals surface area contributed by atoms with Crippen molar-refractivity contribution in [3.63, 3.8) is 0 Å². The normalized spacial score (nSPS) is 15.4. The highest BCUT2D eigenvalue weighted by atomic mass is 35.5. The summed E-state index contributed by atoms with van der Waals surface area (Å²) >= 11 is 13.3. The summed E-state index contributed by atoms with van der Waals surface area (Å²) in [6.45, 7) is 10.0. The monoisotopic (exact) mass is 544 g/mol. The molecule has 1 heterocycles. The lowest BCUT2D eigenvalue weighted by molar-refractivity contribution is -0.0539. The minimum Gasteiger partial charge on any atom is -0.490 e. The van der Waals surface area contributed by atoms with E-state index in [0.717, 1.165) is 23.1 Å². The highest BCUT2D eigenvalue weighted by Crippen LogP contribution is 2.32. The Balaban J connectivity index is 0.00000210. The number of piperidine rings is 1. The van der Waals surface area contributed by atoms with Crippen molar-refractivity contribution in [2.45, 2.75) is 58.6 Å². The Hall–Kier alpha value is -1.51. The molecule has 2 aromatic rings. The SMILES string of the molecule is CC.CSNC(=O)c1cc(C(C)C)c(OCC2(O)CCN(Cc3cc(Cl)cc(Cl)c3)CC2)cc1F. The number of halogens is 3. The molecule has 0 bridgehead atoms. The fourth-order valence-electron chi connectivity index (χ4n) is 3.91. The lowest BCUT2D eigenvalue weighted by atomic mass is 9.92. The second-order valence-corrected chi connectivity index (χ2v) is 10.2. The van der Waals surface area contributed by atoms with Gasteiger partial charge < -0.3 is 9.84 Å². The van der Waals surface area contributed by atoms with E-state index in [1.54, 1.807) is 12.3 Å². The van der Waals surface area contributed by atoms with E-state index in [2.05, 4.69) is 9.62 Å². The Labute approximate surface area is 222 Å². The van der Waals surface area contributed by atoms with Gasteiger partial charge in [-0.25, -0.2) is 4.39 Å². The third-order valence-electron chi connectivity index (χ3n) is 5.77. The average molecular weight is 546 g/mol. The number of aliphatic hydroxyl groups is 1. The van der Waals surface area contributed by atoms with Crippen LogP contribution in [-0.2, 0) is 6.54 Å². The summed E-state index contributed by atoms with van der Waals surface area (Å²) < 4.78 is 23.1. The smallest absolute Gasteiger partial charge is 0.264 e. The fraction of sp³-hybridized carbons (Fsp3) is 0.500. The highest BCUT2D eigenvalue weighted by Gasteiger charge is 2.33. The molecule has 0 saturated carbocycles. The first kappa shape index (κ1) is 29.7. The summed E-state index contributed by atoms with van der Waals surface area (Å²) in [5, 5.41) is 12.3. The van der Waals surface area contributed by atoms with Crippen LogP contribution in [0.1, 0.15) is 67.9 Å². The van der Waals surface area contributed by atoms with Crippen molar-refractivity contribution in [2.24, 2.45) is 0 Å². The summed E-state index contributed by atoms with van der Waals surface area (Å²) in [7, 11) is 0. The predicted molar refractivity (Wildman–Crippen MR) is 144 cm³/mol. The van der Waals surface area contributed by atoms with E-state index in [1.165, 1.54) is 12.1 Å². The molecule has 1 aliphatic rings. The van der Waals surface area contributed by atoms with Gasteiger partial charge in [-0.2, -0.15) is 0 Å². The molecule has 0 aromatic heterocycles.